The van der Waals surface area contributed by atoms with E-state index < -0.39 is 0 Å². The van der Waals surface area contributed by atoms with Gasteiger partial charge in [-0.25, -0.2) is 0 Å². The number of aromatic nitrogens is 1. The monoisotopic (exact) mass is 301 g/mol. The number of ketones is 2. The van der Waals surface area contributed by atoms with Crippen LogP contribution in [0.25, 0.3) is 6.20 Å². The lowest BCUT2D eigenvalue weighted by molar-refractivity contribution is -0.568. The third-order valence-electron chi connectivity index (χ3n) is 2.99. The topological polar surface area (TPSA) is 38.0 Å². The van der Waals surface area contributed by atoms with Crippen LogP contribution >= 0.6 is 0 Å². The van der Waals surface area contributed by atoms with Crippen molar-refractivity contribution in [2.75, 3.05) is 0 Å². The van der Waals surface area contributed by atoms with Gasteiger partial charge in [0.15, 0.2) is 30.2 Å². The van der Waals surface area contributed by atoms with Gasteiger partial charge in [-0.2, -0.15) is 4.57 Å². The van der Waals surface area contributed by atoms with E-state index in [1.165, 1.54) is 13.0 Å². The van der Waals surface area contributed by atoms with Crippen molar-refractivity contribution in [1.82, 2.24) is 0 Å². The van der Waals surface area contributed by atoms with E-state index in [2.05, 4.69) is 0 Å². The average molecular weight is 302 g/mol. The first-order valence-electron chi connectivity index (χ1n) is 6.37. The van der Waals surface area contributed by atoms with E-state index in [-0.39, 0.29) is 24.0 Å². The normalized spacial score (nSPS) is 10.2. The minimum absolute atomic E-state index is 0. The summed E-state index contributed by atoms with van der Waals surface area (Å²) in [6.07, 6.45) is 6.68. The van der Waals surface area contributed by atoms with Gasteiger partial charge >= 0.3 is 0 Å². The summed E-state index contributed by atoms with van der Waals surface area (Å²) in [4.78, 5) is 23.1. The van der Waals surface area contributed by atoms with E-state index in [9.17, 15) is 9.59 Å². The summed E-state index contributed by atoms with van der Waals surface area (Å²) < 4.78 is 1.73. The zero-order chi connectivity index (χ0) is 14.5. The predicted molar refractivity (Wildman–Crippen MR) is 77.5 cm³/mol. The summed E-state index contributed by atoms with van der Waals surface area (Å²) in [5.41, 5.74) is 2.44. The van der Waals surface area contributed by atoms with Crippen LogP contribution in [-0.2, 0) is 0 Å². The molecule has 0 radical (unpaired) electrons. The lowest BCUT2D eigenvalue weighted by Crippen LogP contribution is -3.00. The smallest absolute Gasteiger partial charge is 0.191 e. The van der Waals surface area contributed by atoms with Crippen molar-refractivity contribution in [3.05, 3.63) is 71.6 Å². The molecule has 0 amide bonds. The zero-order valence-electron chi connectivity index (χ0n) is 11.9. The Balaban J connectivity index is 0.00000220. The van der Waals surface area contributed by atoms with Gasteiger partial charge in [0.1, 0.15) is 0 Å². The number of rotatable bonds is 4. The predicted octanol–water partition coefficient (Wildman–Crippen LogP) is -0.157. The number of carbonyl (C=O) groups is 2. The number of benzene rings is 1. The maximum absolute atomic E-state index is 12.0. The fourth-order valence-electron chi connectivity index (χ4n) is 1.74. The van der Waals surface area contributed by atoms with Gasteiger partial charge in [-0.3, -0.25) is 9.59 Å². The van der Waals surface area contributed by atoms with Gasteiger partial charge in [0.2, 0.25) is 0 Å². The van der Waals surface area contributed by atoms with Crippen molar-refractivity contribution < 1.29 is 26.6 Å². The molecule has 3 nitrogen and oxygen atoms in total. The molecule has 0 saturated heterocycles. The van der Waals surface area contributed by atoms with Crippen LogP contribution in [-0.4, -0.2) is 11.6 Å². The van der Waals surface area contributed by atoms with E-state index in [1.807, 2.05) is 31.2 Å². The number of pyridine rings is 1. The molecule has 4 heteroatoms. The number of hydrogen-bond acceptors (Lipinski definition) is 2. The SMILES string of the molecule is CC(=O)c1cc[n+](/C=C/C(=O)c2ccc(C)cc2)cc1.[Cl-]. The maximum atomic E-state index is 12.0. The van der Waals surface area contributed by atoms with Gasteiger partial charge in [-0.05, 0) is 13.8 Å². The molecule has 0 N–H and O–H groups in total. The Morgan fingerprint density at radius 3 is 2.05 bits per heavy atom. The van der Waals surface area contributed by atoms with Crippen molar-refractivity contribution in [2.45, 2.75) is 13.8 Å². The molecule has 2 rings (SSSR count). The van der Waals surface area contributed by atoms with Crippen LogP contribution in [0.1, 0.15) is 33.2 Å². The molecule has 1 heterocycles. The molecule has 108 valence electrons. The van der Waals surface area contributed by atoms with Crippen LogP contribution in [0.15, 0.2) is 54.9 Å². The van der Waals surface area contributed by atoms with E-state index in [1.54, 1.807) is 35.3 Å². The molecule has 0 aliphatic carbocycles. The minimum atomic E-state index is -0.0480. The van der Waals surface area contributed by atoms with Crippen LogP contribution in [0.5, 0.6) is 0 Å². The van der Waals surface area contributed by atoms with Gasteiger partial charge in [-0.15, -0.1) is 0 Å². The van der Waals surface area contributed by atoms with Crippen LogP contribution in [0.2, 0.25) is 0 Å². The Hall–Kier alpha value is -2.26. The van der Waals surface area contributed by atoms with Gasteiger partial charge in [0.05, 0.1) is 6.08 Å². The number of carbonyl (C=O) groups excluding carboxylic acids is 2. The van der Waals surface area contributed by atoms with Crippen molar-refractivity contribution in [1.29, 1.82) is 0 Å². The molecule has 0 bridgehead atoms. The Morgan fingerprint density at radius 2 is 1.52 bits per heavy atom. The Morgan fingerprint density at radius 1 is 0.952 bits per heavy atom. The second kappa shape index (κ2) is 7.50. The maximum Gasteiger partial charge on any atom is 0.191 e. The van der Waals surface area contributed by atoms with Crippen LogP contribution < -0.4 is 17.0 Å². The molecule has 21 heavy (non-hydrogen) atoms. The highest BCUT2D eigenvalue weighted by Gasteiger charge is 2.04. The number of nitrogens with zero attached hydrogens (tertiary/aromatic N) is 1. The highest BCUT2D eigenvalue weighted by Crippen LogP contribution is 2.04. The van der Waals surface area contributed by atoms with Gasteiger partial charge in [0, 0.05) is 23.3 Å². The van der Waals surface area contributed by atoms with Gasteiger partial charge in [-0.1, -0.05) is 29.8 Å². The average Bonchev–Trinajstić information content (AvgIpc) is 2.46. The first kappa shape index (κ1) is 16.8. The zero-order valence-corrected chi connectivity index (χ0v) is 12.7. The second-order valence-electron chi connectivity index (χ2n) is 4.64. The van der Waals surface area contributed by atoms with E-state index in [0.717, 1.165) is 5.56 Å². The largest absolute Gasteiger partial charge is 1.00 e. The summed E-state index contributed by atoms with van der Waals surface area (Å²) >= 11 is 0. The standard InChI is InChI=1S/C17H16NO2.ClH/c1-13-3-5-16(6-4-13)17(20)9-12-18-10-7-15(8-11-18)14(2)19;/h3-12H,1-2H3;1H/q+1;/p-1/b12-9+;. The van der Waals surface area contributed by atoms with Gasteiger partial charge < -0.3 is 12.4 Å². The van der Waals surface area contributed by atoms with E-state index in [4.69, 9.17) is 0 Å². The Labute approximate surface area is 130 Å². The van der Waals surface area contributed by atoms with E-state index >= 15 is 0 Å². The third-order valence-corrected chi connectivity index (χ3v) is 2.99. The summed E-state index contributed by atoms with van der Waals surface area (Å²) in [5.74, 6) is -0.0231. The third kappa shape index (κ3) is 4.65. The van der Waals surface area contributed by atoms with Crippen molar-refractivity contribution in [3.63, 3.8) is 0 Å². The lowest BCUT2D eigenvalue weighted by atomic mass is 10.1. The molecule has 1 aromatic heterocycles. The Bertz CT molecular complexity index is 658. The molecule has 0 aliphatic rings. The second-order valence-corrected chi connectivity index (χ2v) is 4.64. The summed E-state index contributed by atoms with van der Waals surface area (Å²) in [6.45, 7) is 3.51. The van der Waals surface area contributed by atoms with Crippen molar-refractivity contribution >= 4 is 17.8 Å². The van der Waals surface area contributed by atoms with Crippen LogP contribution in [0.4, 0.5) is 0 Å². The highest BCUT2D eigenvalue weighted by atomic mass is 35.5. The number of Topliss-reactive ketones (excluding diaryl/α,β-unsaturated/α-hetero) is 1. The fraction of sp³-hybridized carbons (Fsp3) is 0.118. The molecular formula is C17H16ClNO2. The van der Waals surface area contributed by atoms with Crippen molar-refractivity contribution in [2.24, 2.45) is 0 Å². The molecule has 0 fully saturated rings. The molecule has 0 spiro atoms. The minimum Gasteiger partial charge on any atom is -1.00 e. The summed E-state index contributed by atoms with van der Waals surface area (Å²) in [7, 11) is 0. The fourth-order valence-corrected chi connectivity index (χ4v) is 1.74. The first-order valence-corrected chi connectivity index (χ1v) is 6.37. The lowest BCUT2D eigenvalue weighted by Gasteiger charge is -1.96. The van der Waals surface area contributed by atoms with Crippen molar-refractivity contribution in [3.8, 4) is 0 Å². The van der Waals surface area contributed by atoms with Gasteiger partial charge in [0.25, 0.3) is 0 Å². The molecule has 0 saturated carbocycles. The molecule has 0 atom stereocenters. The first-order chi connectivity index (χ1) is 9.56. The molecule has 0 unspecified atom stereocenters. The van der Waals surface area contributed by atoms with E-state index in [0.29, 0.717) is 11.1 Å². The molecule has 2 aromatic rings. The quantitative estimate of drug-likeness (QED) is 0.447. The van der Waals surface area contributed by atoms with Crippen LogP contribution in [0, 0.1) is 6.92 Å². The highest BCUT2D eigenvalue weighted by molar-refractivity contribution is 6.05. The number of halogens is 1. The van der Waals surface area contributed by atoms with Crippen LogP contribution in [0.3, 0.4) is 0 Å². The number of aryl methyl sites for hydroxylation is 1. The Kier molecular flexibility index (Phi) is 6.00. The molecule has 1 aromatic carbocycles. The number of hydrogen-bond donors (Lipinski definition) is 0. The molecule has 0 aliphatic heterocycles. The summed E-state index contributed by atoms with van der Waals surface area (Å²) in [6, 6.07) is 10.9. The number of allylic oxidation sites excluding steroid dienone is 1. The molecular weight excluding hydrogens is 286 g/mol. The summed E-state index contributed by atoms with van der Waals surface area (Å²) in [5, 5.41) is 0.